The third-order valence-electron chi connectivity index (χ3n) is 4.89. The summed E-state index contributed by atoms with van der Waals surface area (Å²) in [7, 11) is -6.47. The number of rotatable bonds is 11. The Morgan fingerprint density at radius 3 is 1.25 bits per heavy atom. The van der Waals surface area contributed by atoms with Crippen molar-refractivity contribution in [3.63, 3.8) is 0 Å². The molecule has 0 aliphatic carbocycles. The van der Waals surface area contributed by atoms with Crippen LogP contribution in [-0.2, 0) is 8.23 Å². The maximum Gasteiger partial charge on any atom is 0.326 e. The Morgan fingerprint density at radius 1 is 0.600 bits per heavy atom. The molecule has 0 saturated carbocycles. The summed E-state index contributed by atoms with van der Waals surface area (Å²) in [5, 5.41) is 0. The molecule has 122 valence electrons. The summed E-state index contributed by atoms with van der Waals surface area (Å²) in [5.41, 5.74) is 0. The van der Waals surface area contributed by atoms with E-state index in [1.807, 2.05) is 13.8 Å². The van der Waals surface area contributed by atoms with Gasteiger partial charge in [-0.15, -0.1) is 0 Å². The van der Waals surface area contributed by atoms with Crippen molar-refractivity contribution in [2.75, 3.05) is 0 Å². The highest BCUT2D eigenvalue weighted by atomic mass is 28.5. The smallest absolute Gasteiger partial charge is 0.326 e. The SMILES string of the molecule is CC[Si](O)(CC)O[Si](CC)(CC)O[Si](CC)(CC)CC. The average Bonchev–Trinajstić information content (AvgIpc) is 2.51. The summed E-state index contributed by atoms with van der Waals surface area (Å²) in [5.74, 6) is 0. The Bertz CT molecular complexity index is 254. The maximum absolute atomic E-state index is 10.7. The molecule has 0 bridgehead atoms. The summed E-state index contributed by atoms with van der Waals surface area (Å²) in [6.07, 6.45) is 0. The van der Waals surface area contributed by atoms with Gasteiger partial charge in [-0.05, 0) is 42.3 Å². The van der Waals surface area contributed by atoms with Crippen LogP contribution in [0.2, 0.25) is 42.3 Å². The molecule has 6 heteroatoms. The molecule has 0 radical (unpaired) electrons. The van der Waals surface area contributed by atoms with E-state index >= 15 is 0 Å². The molecule has 0 amide bonds. The molecule has 20 heavy (non-hydrogen) atoms. The highest BCUT2D eigenvalue weighted by Gasteiger charge is 2.47. The summed E-state index contributed by atoms with van der Waals surface area (Å²) in [6, 6.07) is 6.88. The highest BCUT2D eigenvalue weighted by Crippen LogP contribution is 2.33. The van der Waals surface area contributed by atoms with Gasteiger partial charge in [-0.25, -0.2) is 0 Å². The van der Waals surface area contributed by atoms with Gasteiger partial charge >= 0.3 is 17.1 Å². The van der Waals surface area contributed by atoms with Crippen LogP contribution in [-0.4, -0.2) is 30.2 Å². The summed E-state index contributed by atoms with van der Waals surface area (Å²) < 4.78 is 13.2. The monoisotopic (exact) mass is 336 g/mol. The van der Waals surface area contributed by atoms with Gasteiger partial charge in [-0.1, -0.05) is 48.5 Å². The molecule has 0 rings (SSSR count). The minimum Gasteiger partial charge on any atom is -0.436 e. The lowest BCUT2D eigenvalue weighted by atomic mass is 10.9. The summed E-state index contributed by atoms with van der Waals surface area (Å²) >= 11 is 0. The van der Waals surface area contributed by atoms with Gasteiger partial charge in [-0.3, -0.25) is 0 Å². The van der Waals surface area contributed by atoms with Crippen LogP contribution in [0.15, 0.2) is 0 Å². The van der Waals surface area contributed by atoms with E-state index in [9.17, 15) is 4.80 Å². The van der Waals surface area contributed by atoms with Crippen molar-refractivity contribution in [3.05, 3.63) is 0 Å². The van der Waals surface area contributed by atoms with Crippen LogP contribution >= 0.6 is 0 Å². The van der Waals surface area contributed by atoms with Gasteiger partial charge in [0.15, 0.2) is 8.32 Å². The fourth-order valence-corrected chi connectivity index (χ4v) is 16.8. The van der Waals surface area contributed by atoms with Crippen LogP contribution < -0.4 is 0 Å². The Labute approximate surface area is 129 Å². The first-order chi connectivity index (χ1) is 9.34. The fraction of sp³-hybridized carbons (Fsp3) is 1.00. The Morgan fingerprint density at radius 2 is 1.00 bits per heavy atom. The fourth-order valence-electron chi connectivity index (χ4n) is 2.66. The molecular weight excluding hydrogens is 300 g/mol. The van der Waals surface area contributed by atoms with Gasteiger partial charge in [0.1, 0.15) is 0 Å². The van der Waals surface area contributed by atoms with Crippen molar-refractivity contribution in [1.29, 1.82) is 0 Å². The lowest BCUT2D eigenvalue weighted by Crippen LogP contribution is -2.58. The highest BCUT2D eigenvalue weighted by molar-refractivity contribution is 6.88. The predicted molar refractivity (Wildman–Crippen MR) is 95.0 cm³/mol. The van der Waals surface area contributed by atoms with Gasteiger partial charge in [-0.2, -0.15) is 0 Å². The standard InChI is InChI=1S/C14H36O3Si3/c1-8-18(9-2,10-3)16-20(13-6,14-7)17-19(15,11-4)12-5/h15H,8-14H2,1-7H3. The van der Waals surface area contributed by atoms with Gasteiger partial charge in [0.05, 0.1) is 0 Å². The molecule has 0 aliphatic rings. The first-order valence-corrected chi connectivity index (χ1v) is 15.5. The molecule has 0 unspecified atom stereocenters. The molecular formula is C14H36O3Si3. The second kappa shape index (κ2) is 8.85. The first kappa shape index (κ1) is 20.5. The van der Waals surface area contributed by atoms with Crippen LogP contribution in [0.5, 0.6) is 0 Å². The van der Waals surface area contributed by atoms with Gasteiger partial charge < -0.3 is 13.0 Å². The third kappa shape index (κ3) is 5.07. The molecule has 3 nitrogen and oxygen atoms in total. The van der Waals surface area contributed by atoms with E-state index in [4.69, 9.17) is 8.23 Å². The quantitative estimate of drug-likeness (QED) is 0.541. The van der Waals surface area contributed by atoms with Gasteiger partial charge in [0.2, 0.25) is 0 Å². The van der Waals surface area contributed by atoms with E-state index in [1.54, 1.807) is 0 Å². The summed E-state index contributed by atoms with van der Waals surface area (Å²) in [4.78, 5) is 10.7. The molecule has 0 aromatic rings. The molecule has 0 fully saturated rings. The van der Waals surface area contributed by atoms with Crippen LogP contribution in [0.25, 0.3) is 0 Å². The van der Waals surface area contributed by atoms with Gasteiger partial charge in [0, 0.05) is 0 Å². The topological polar surface area (TPSA) is 38.7 Å². The summed E-state index contributed by atoms with van der Waals surface area (Å²) in [6.45, 7) is 15.2. The van der Waals surface area contributed by atoms with Crippen LogP contribution in [0.3, 0.4) is 0 Å². The number of hydrogen-bond acceptors (Lipinski definition) is 3. The van der Waals surface area contributed by atoms with Crippen molar-refractivity contribution in [2.45, 2.75) is 90.8 Å². The Kier molecular flexibility index (Phi) is 9.08. The van der Waals surface area contributed by atoms with E-state index in [0.717, 1.165) is 42.3 Å². The van der Waals surface area contributed by atoms with E-state index < -0.39 is 25.4 Å². The molecule has 0 spiro atoms. The zero-order chi connectivity index (χ0) is 15.9. The molecule has 0 aromatic heterocycles. The molecule has 0 saturated heterocycles. The van der Waals surface area contributed by atoms with Crippen LogP contribution in [0.4, 0.5) is 0 Å². The zero-order valence-electron chi connectivity index (χ0n) is 14.7. The molecule has 0 heterocycles. The predicted octanol–water partition coefficient (Wildman–Crippen LogP) is 4.98. The lowest BCUT2D eigenvalue weighted by molar-refractivity contribution is 0.299. The van der Waals surface area contributed by atoms with Crippen molar-refractivity contribution in [2.24, 2.45) is 0 Å². The molecule has 0 aliphatic heterocycles. The molecule has 0 aromatic carbocycles. The number of hydrogen-bond donors (Lipinski definition) is 1. The minimum atomic E-state index is -2.55. The molecule has 0 atom stereocenters. The van der Waals surface area contributed by atoms with Gasteiger partial charge in [0.25, 0.3) is 0 Å². The van der Waals surface area contributed by atoms with E-state index in [0.29, 0.717) is 0 Å². The van der Waals surface area contributed by atoms with Crippen LogP contribution in [0, 0.1) is 0 Å². The Balaban J connectivity index is 5.29. The second-order valence-electron chi connectivity index (χ2n) is 5.72. The van der Waals surface area contributed by atoms with E-state index in [1.165, 1.54) is 0 Å². The minimum absolute atomic E-state index is 0.764. The van der Waals surface area contributed by atoms with E-state index in [2.05, 4.69) is 34.6 Å². The third-order valence-corrected chi connectivity index (χ3v) is 19.4. The average molecular weight is 337 g/mol. The molecule has 1 N–H and O–H groups in total. The van der Waals surface area contributed by atoms with Crippen molar-refractivity contribution in [3.8, 4) is 0 Å². The zero-order valence-corrected chi connectivity index (χ0v) is 17.7. The first-order valence-electron chi connectivity index (χ1n) is 8.46. The maximum atomic E-state index is 10.7. The van der Waals surface area contributed by atoms with Crippen molar-refractivity contribution < 1.29 is 13.0 Å². The largest absolute Gasteiger partial charge is 0.436 e. The van der Waals surface area contributed by atoms with Crippen LogP contribution in [0.1, 0.15) is 48.5 Å². The van der Waals surface area contributed by atoms with Crippen molar-refractivity contribution >= 4 is 25.4 Å². The van der Waals surface area contributed by atoms with Crippen molar-refractivity contribution in [1.82, 2.24) is 0 Å². The normalized spacial score (nSPS) is 13.8. The van der Waals surface area contributed by atoms with E-state index in [-0.39, 0.29) is 0 Å². The lowest BCUT2D eigenvalue weighted by Gasteiger charge is -2.43. The Hall–Kier alpha value is 0.531. The second-order valence-corrected chi connectivity index (χ2v) is 18.4.